The minimum atomic E-state index is -0.273. The van der Waals surface area contributed by atoms with E-state index in [2.05, 4.69) is 17.2 Å². The minimum Gasteiger partial charge on any atom is -0.484 e. The number of benzene rings is 1. The van der Waals surface area contributed by atoms with Crippen molar-refractivity contribution in [2.45, 2.75) is 25.5 Å². The van der Waals surface area contributed by atoms with Crippen LogP contribution < -0.4 is 10.1 Å². The zero-order chi connectivity index (χ0) is 14.1. The fourth-order valence-corrected chi connectivity index (χ4v) is 2.74. The zero-order valence-corrected chi connectivity index (χ0v) is 11.6. The number of hydrogen-bond acceptors (Lipinski definition) is 3. The van der Waals surface area contributed by atoms with Crippen molar-refractivity contribution in [3.8, 4) is 5.75 Å². The van der Waals surface area contributed by atoms with Gasteiger partial charge in [-0.15, -0.1) is 0 Å². The lowest BCUT2D eigenvalue weighted by atomic mass is 9.95. The van der Waals surface area contributed by atoms with Crippen molar-refractivity contribution in [2.24, 2.45) is 7.05 Å². The van der Waals surface area contributed by atoms with Crippen LogP contribution in [0.4, 0.5) is 4.39 Å². The third-order valence-electron chi connectivity index (χ3n) is 3.70. The number of ether oxygens (including phenoxy) is 1. The lowest BCUT2D eigenvalue weighted by Crippen LogP contribution is -2.29. The number of nitrogens with one attached hydrogen (secondary N) is 1. The highest BCUT2D eigenvalue weighted by Gasteiger charge is 2.30. The van der Waals surface area contributed by atoms with Crippen LogP contribution in [0.1, 0.15) is 36.7 Å². The van der Waals surface area contributed by atoms with E-state index in [0.717, 1.165) is 24.2 Å². The molecule has 1 N–H and O–H groups in total. The molecule has 0 aliphatic carbocycles. The summed E-state index contributed by atoms with van der Waals surface area (Å²) in [4.78, 5) is 4.13. The molecule has 0 saturated heterocycles. The fourth-order valence-electron chi connectivity index (χ4n) is 2.74. The van der Waals surface area contributed by atoms with Crippen LogP contribution in [-0.2, 0) is 7.05 Å². The summed E-state index contributed by atoms with van der Waals surface area (Å²) >= 11 is 0. The van der Waals surface area contributed by atoms with Crippen LogP contribution in [0.15, 0.2) is 30.7 Å². The van der Waals surface area contributed by atoms with Crippen molar-refractivity contribution in [3.63, 3.8) is 0 Å². The van der Waals surface area contributed by atoms with Crippen molar-refractivity contribution >= 4 is 0 Å². The number of nitrogens with zero attached hydrogens (tertiary/aromatic N) is 2. The molecule has 1 aliphatic rings. The molecule has 2 unspecified atom stereocenters. The molecule has 0 spiro atoms. The topological polar surface area (TPSA) is 39.1 Å². The van der Waals surface area contributed by atoms with Gasteiger partial charge in [0.1, 0.15) is 17.7 Å². The molecule has 0 amide bonds. The Morgan fingerprint density at radius 1 is 1.50 bits per heavy atom. The van der Waals surface area contributed by atoms with Crippen molar-refractivity contribution in [1.82, 2.24) is 14.9 Å². The molecule has 0 fully saturated rings. The molecule has 0 saturated carbocycles. The summed E-state index contributed by atoms with van der Waals surface area (Å²) in [6.45, 7) is 2.93. The maximum absolute atomic E-state index is 13.4. The van der Waals surface area contributed by atoms with Crippen LogP contribution in [0.3, 0.4) is 0 Å². The Balaban J connectivity index is 1.97. The summed E-state index contributed by atoms with van der Waals surface area (Å²) in [6, 6.07) is 4.92. The van der Waals surface area contributed by atoms with Gasteiger partial charge in [-0.25, -0.2) is 9.37 Å². The Morgan fingerprint density at radius 2 is 2.35 bits per heavy atom. The Hall–Kier alpha value is -1.88. The molecule has 20 heavy (non-hydrogen) atoms. The van der Waals surface area contributed by atoms with Crippen LogP contribution in [0, 0.1) is 5.82 Å². The van der Waals surface area contributed by atoms with E-state index in [4.69, 9.17) is 4.74 Å². The molecule has 106 valence electrons. The predicted molar refractivity (Wildman–Crippen MR) is 74.0 cm³/mol. The van der Waals surface area contributed by atoms with Gasteiger partial charge in [-0.2, -0.15) is 0 Å². The standard InChI is InChI=1S/C15H18FN3O/c1-3-18-12-7-15(13-8-17-9-19(13)2)20-14-6-10(16)4-5-11(12)14/h4-6,8-9,12,15,18H,3,7H2,1-2H3. The van der Waals surface area contributed by atoms with Crippen molar-refractivity contribution in [1.29, 1.82) is 0 Å². The van der Waals surface area contributed by atoms with Gasteiger partial charge in [-0.3, -0.25) is 0 Å². The summed E-state index contributed by atoms with van der Waals surface area (Å²) in [5, 5.41) is 3.44. The zero-order valence-electron chi connectivity index (χ0n) is 11.6. The van der Waals surface area contributed by atoms with Gasteiger partial charge in [0.05, 0.1) is 18.2 Å². The third-order valence-corrected chi connectivity index (χ3v) is 3.70. The van der Waals surface area contributed by atoms with Crippen LogP contribution in [0.25, 0.3) is 0 Å². The number of aromatic nitrogens is 2. The molecule has 2 heterocycles. The molecule has 0 bridgehead atoms. The monoisotopic (exact) mass is 275 g/mol. The first kappa shape index (κ1) is 13.1. The van der Waals surface area contributed by atoms with Crippen LogP contribution >= 0.6 is 0 Å². The number of halogens is 1. The Bertz CT molecular complexity index is 611. The minimum absolute atomic E-state index is 0.110. The number of rotatable bonds is 3. The number of fused-ring (bicyclic) bond motifs is 1. The van der Waals surface area contributed by atoms with E-state index in [1.165, 1.54) is 12.1 Å². The molecular weight excluding hydrogens is 257 g/mol. The second-order valence-electron chi connectivity index (χ2n) is 5.06. The van der Waals surface area contributed by atoms with Gasteiger partial charge in [-0.1, -0.05) is 13.0 Å². The second kappa shape index (κ2) is 5.25. The van der Waals surface area contributed by atoms with E-state index in [-0.39, 0.29) is 18.0 Å². The van der Waals surface area contributed by atoms with Crippen LogP contribution in [-0.4, -0.2) is 16.1 Å². The fraction of sp³-hybridized carbons (Fsp3) is 0.400. The maximum atomic E-state index is 13.4. The summed E-state index contributed by atoms with van der Waals surface area (Å²) in [7, 11) is 1.94. The highest BCUT2D eigenvalue weighted by atomic mass is 19.1. The molecule has 1 aromatic carbocycles. The molecule has 3 rings (SSSR count). The lowest BCUT2D eigenvalue weighted by molar-refractivity contribution is 0.144. The van der Waals surface area contributed by atoms with E-state index < -0.39 is 0 Å². The van der Waals surface area contributed by atoms with Gasteiger partial charge < -0.3 is 14.6 Å². The Labute approximate surface area is 117 Å². The molecule has 1 aliphatic heterocycles. The molecular formula is C15H18FN3O. The molecule has 0 radical (unpaired) electrons. The van der Waals surface area contributed by atoms with Gasteiger partial charge in [0, 0.05) is 31.1 Å². The quantitative estimate of drug-likeness (QED) is 0.936. The van der Waals surface area contributed by atoms with Gasteiger partial charge in [0.15, 0.2) is 0 Å². The van der Waals surface area contributed by atoms with E-state index in [1.54, 1.807) is 18.6 Å². The van der Waals surface area contributed by atoms with Gasteiger partial charge in [-0.05, 0) is 12.6 Å². The van der Waals surface area contributed by atoms with Crippen LogP contribution in [0.5, 0.6) is 5.75 Å². The number of hydrogen-bond donors (Lipinski definition) is 1. The van der Waals surface area contributed by atoms with Gasteiger partial charge >= 0.3 is 0 Å². The van der Waals surface area contributed by atoms with Gasteiger partial charge in [0.2, 0.25) is 0 Å². The first-order chi connectivity index (χ1) is 9.69. The largest absolute Gasteiger partial charge is 0.484 e. The average molecular weight is 275 g/mol. The summed E-state index contributed by atoms with van der Waals surface area (Å²) in [5.74, 6) is 0.345. The summed E-state index contributed by atoms with van der Waals surface area (Å²) < 4.78 is 21.4. The van der Waals surface area contributed by atoms with Crippen molar-refractivity contribution in [2.75, 3.05) is 6.54 Å². The van der Waals surface area contributed by atoms with Crippen molar-refractivity contribution < 1.29 is 9.13 Å². The average Bonchev–Trinajstić information content (AvgIpc) is 2.84. The van der Waals surface area contributed by atoms with E-state index in [1.807, 2.05) is 11.6 Å². The maximum Gasteiger partial charge on any atom is 0.142 e. The van der Waals surface area contributed by atoms with Gasteiger partial charge in [0.25, 0.3) is 0 Å². The Kier molecular flexibility index (Phi) is 3.44. The third kappa shape index (κ3) is 2.29. The summed E-state index contributed by atoms with van der Waals surface area (Å²) in [6.07, 6.45) is 4.26. The highest BCUT2D eigenvalue weighted by molar-refractivity contribution is 5.39. The summed E-state index contributed by atoms with van der Waals surface area (Å²) in [5.41, 5.74) is 2.02. The number of imidazole rings is 1. The van der Waals surface area contributed by atoms with Crippen molar-refractivity contribution in [3.05, 3.63) is 47.8 Å². The lowest BCUT2D eigenvalue weighted by Gasteiger charge is -2.32. The SMILES string of the molecule is CCNC1CC(c2cncn2C)Oc2cc(F)ccc21. The smallest absolute Gasteiger partial charge is 0.142 e. The molecule has 5 heteroatoms. The highest BCUT2D eigenvalue weighted by Crippen LogP contribution is 2.40. The van der Waals surface area contributed by atoms with E-state index >= 15 is 0 Å². The van der Waals surface area contributed by atoms with E-state index in [9.17, 15) is 4.39 Å². The molecule has 2 atom stereocenters. The van der Waals surface area contributed by atoms with E-state index in [0.29, 0.717) is 5.75 Å². The number of aryl methyl sites for hydroxylation is 1. The molecule has 1 aromatic heterocycles. The molecule has 4 nitrogen and oxygen atoms in total. The van der Waals surface area contributed by atoms with Crippen LogP contribution in [0.2, 0.25) is 0 Å². The second-order valence-corrected chi connectivity index (χ2v) is 5.06. The molecule has 2 aromatic rings. The first-order valence-electron chi connectivity index (χ1n) is 6.84. The first-order valence-corrected chi connectivity index (χ1v) is 6.84. The predicted octanol–water partition coefficient (Wildman–Crippen LogP) is 2.73. The normalized spacial score (nSPS) is 21.4. The Morgan fingerprint density at radius 3 is 3.05 bits per heavy atom.